The van der Waals surface area contributed by atoms with Gasteiger partial charge in [0, 0.05) is 24.7 Å². The molecule has 27 heavy (non-hydrogen) atoms. The normalized spacial score (nSPS) is 13.0. The summed E-state index contributed by atoms with van der Waals surface area (Å²) in [6, 6.07) is 5.69. The fraction of sp³-hybridized carbons (Fsp3) is 0.333. The largest absolute Gasteiger partial charge is 0.477 e. The topological polar surface area (TPSA) is 79.4 Å². The summed E-state index contributed by atoms with van der Waals surface area (Å²) in [5.41, 5.74) is 3.44. The van der Waals surface area contributed by atoms with Crippen molar-refractivity contribution in [2.24, 2.45) is 4.99 Å². The number of ether oxygens (including phenoxy) is 2. The lowest BCUT2D eigenvalue weighted by molar-refractivity contribution is 0.174. The molecule has 0 spiro atoms. The molecule has 9 heteroatoms. The van der Waals surface area contributed by atoms with E-state index in [0.717, 1.165) is 28.6 Å². The molecule has 140 valence electrons. The van der Waals surface area contributed by atoms with E-state index in [9.17, 15) is 0 Å². The van der Waals surface area contributed by atoms with Crippen molar-refractivity contribution < 1.29 is 9.47 Å². The van der Waals surface area contributed by atoms with Gasteiger partial charge in [0.25, 0.3) is 0 Å². The average molecular weight is 387 g/mol. The second-order valence-corrected chi connectivity index (χ2v) is 6.43. The summed E-state index contributed by atoms with van der Waals surface area (Å²) in [6.07, 6.45) is 1.78. The van der Waals surface area contributed by atoms with Crippen LogP contribution in [0.15, 0.2) is 29.5 Å². The van der Waals surface area contributed by atoms with Crippen LogP contribution in [-0.4, -0.2) is 51.0 Å². The maximum absolute atomic E-state index is 6.26. The lowest BCUT2D eigenvalue weighted by Gasteiger charge is -2.11. The highest BCUT2D eigenvalue weighted by molar-refractivity contribution is 6.31. The van der Waals surface area contributed by atoms with E-state index in [2.05, 4.69) is 20.2 Å². The van der Waals surface area contributed by atoms with Crippen molar-refractivity contribution in [3.05, 3.63) is 46.8 Å². The van der Waals surface area contributed by atoms with Gasteiger partial charge < -0.3 is 14.0 Å². The summed E-state index contributed by atoms with van der Waals surface area (Å²) in [7, 11) is 3.33. The molecule has 1 aliphatic rings. The van der Waals surface area contributed by atoms with Crippen molar-refractivity contribution in [1.82, 2.24) is 24.3 Å². The molecule has 0 radical (unpaired) electrons. The minimum atomic E-state index is 0.354. The molecule has 1 aliphatic heterocycles. The standard InChI is InChI=1S/C18H19ClN6O2/c1-4-27-18(20-2)16-14-8-24-15(9-26-3)22-23-17(24)12-7-11(19)5-6-13(12)25(14)10-21-16/h5-7,10H,4,8-9H2,1-3H3. The van der Waals surface area contributed by atoms with Gasteiger partial charge >= 0.3 is 0 Å². The Morgan fingerprint density at radius 2 is 2.19 bits per heavy atom. The number of hydrogen-bond donors (Lipinski definition) is 0. The van der Waals surface area contributed by atoms with E-state index in [4.69, 9.17) is 21.1 Å². The summed E-state index contributed by atoms with van der Waals surface area (Å²) in [4.78, 5) is 8.84. The summed E-state index contributed by atoms with van der Waals surface area (Å²) in [5, 5.41) is 9.32. The van der Waals surface area contributed by atoms with Gasteiger partial charge in [0.2, 0.25) is 5.90 Å². The van der Waals surface area contributed by atoms with Crippen LogP contribution in [0.2, 0.25) is 5.02 Å². The smallest absolute Gasteiger partial charge is 0.236 e. The van der Waals surface area contributed by atoms with Crippen LogP contribution in [0, 0.1) is 0 Å². The molecule has 0 aliphatic carbocycles. The number of imidazole rings is 1. The van der Waals surface area contributed by atoms with Crippen LogP contribution in [0.1, 0.15) is 24.1 Å². The Hall–Kier alpha value is -2.71. The van der Waals surface area contributed by atoms with Gasteiger partial charge in [-0.15, -0.1) is 10.2 Å². The van der Waals surface area contributed by atoms with Gasteiger partial charge in [-0.05, 0) is 25.1 Å². The molecule has 0 atom stereocenters. The number of aromatic nitrogens is 5. The highest BCUT2D eigenvalue weighted by atomic mass is 35.5. The Morgan fingerprint density at radius 1 is 1.33 bits per heavy atom. The molecule has 4 rings (SSSR count). The lowest BCUT2D eigenvalue weighted by Crippen LogP contribution is -2.14. The fourth-order valence-corrected chi connectivity index (χ4v) is 3.44. The molecule has 0 amide bonds. The molecule has 8 nitrogen and oxygen atoms in total. The summed E-state index contributed by atoms with van der Waals surface area (Å²) in [6.45, 7) is 3.30. The van der Waals surface area contributed by atoms with Crippen LogP contribution in [-0.2, 0) is 22.6 Å². The van der Waals surface area contributed by atoms with Crippen molar-refractivity contribution in [3.63, 3.8) is 0 Å². The van der Waals surface area contributed by atoms with Crippen LogP contribution in [0.4, 0.5) is 0 Å². The van der Waals surface area contributed by atoms with Gasteiger partial charge in [0.15, 0.2) is 11.6 Å². The maximum Gasteiger partial charge on any atom is 0.236 e. The minimum Gasteiger partial charge on any atom is -0.477 e. The van der Waals surface area contributed by atoms with Crippen molar-refractivity contribution in [2.75, 3.05) is 20.8 Å². The zero-order valence-electron chi connectivity index (χ0n) is 15.3. The van der Waals surface area contributed by atoms with Crippen LogP contribution in [0.5, 0.6) is 0 Å². The molecular formula is C18H19ClN6O2. The van der Waals surface area contributed by atoms with Gasteiger partial charge in [0.05, 0.1) is 24.5 Å². The molecule has 0 bridgehead atoms. The van der Waals surface area contributed by atoms with Gasteiger partial charge in [0.1, 0.15) is 18.6 Å². The number of fused-ring (bicyclic) bond motifs is 5. The van der Waals surface area contributed by atoms with Crippen molar-refractivity contribution in [2.45, 2.75) is 20.1 Å². The van der Waals surface area contributed by atoms with E-state index >= 15 is 0 Å². The second kappa shape index (κ2) is 7.13. The van der Waals surface area contributed by atoms with Gasteiger partial charge in [-0.2, -0.15) is 0 Å². The van der Waals surface area contributed by atoms with Gasteiger partial charge in [-0.25, -0.2) is 4.98 Å². The Morgan fingerprint density at radius 3 is 2.93 bits per heavy atom. The van der Waals surface area contributed by atoms with E-state index < -0.39 is 0 Å². The molecule has 3 aromatic rings. The Labute approximate surface area is 161 Å². The molecule has 2 aromatic heterocycles. The monoisotopic (exact) mass is 386 g/mol. The zero-order chi connectivity index (χ0) is 19.0. The van der Waals surface area contributed by atoms with E-state index in [1.807, 2.05) is 34.3 Å². The maximum atomic E-state index is 6.26. The third-order valence-corrected chi connectivity index (χ3v) is 4.66. The first-order valence-electron chi connectivity index (χ1n) is 8.55. The number of halogens is 1. The van der Waals surface area contributed by atoms with E-state index in [0.29, 0.717) is 36.4 Å². The van der Waals surface area contributed by atoms with E-state index in [1.165, 1.54) is 0 Å². The zero-order valence-corrected chi connectivity index (χ0v) is 16.1. The molecule has 0 saturated heterocycles. The highest BCUT2D eigenvalue weighted by Gasteiger charge is 2.27. The third kappa shape index (κ3) is 2.90. The van der Waals surface area contributed by atoms with Crippen LogP contribution < -0.4 is 0 Å². The summed E-state index contributed by atoms with van der Waals surface area (Å²) in [5.74, 6) is 1.97. The fourth-order valence-electron chi connectivity index (χ4n) is 3.27. The van der Waals surface area contributed by atoms with Crippen LogP contribution in [0.3, 0.4) is 0 Å². The Balaban J connectivity index is 1.98. The Bertz CT molecular complexity index is 1020. The molecule has 0 saturated carbocycles. The van der Waals surface area contributed by atoms with E-state index in [1.54, 1.807) is 20.5 Å². The predicted molar refractivity (Wildman–Crippen MR) is 101 cm³/mol. The van der Waals surface area contributed by atoms with Crippen LogP contribution >= 0.6 is 11.6 Å². The number of aliphatic imine (C=N–C) groups is 1. The molecule has 0 fully saturated rings. The molecule has 3 heterocycles. The first-order chi connectivity index (χ1) is 13.2. The number of methoxy groups -OCH3 is 1. The quantitative estimate of drug-likeness (QED) is 0.398. The molecule has 0 unspecified atom stereocenters. The SMILES string of the molecule is CCOC(=NC)c1ncn2c1Cn1c(COC)nnc1-c1cc(Cl)ccc1-2. The summed E-state index contributed by atoms with van der Waals surface area (Å²) >= 11 is 6.26. The lowest BCUT2D eigenvalue weighted by atomic mass is 10.1. The van der Waals surface area contributed by atoms with E-state index in [-0.39, 0.29) is 0 Å². The van der Waals surface area contributed by atoms with Crippen molar-refractivity contribution in [1.29, 1.82) is 0 Å². The average Bonchev–Trinajstić information content (AvgIpc) is 3.22. The first kappa shape index (κ1) is 17.7. The molecular weight excluding hydrogens is 368 g/mol. The number of rotatable bonds is 4. The highest BCUT2D eigenvalue weighted by Crippen LogP contribution is 2.34. The predicted octanol–water partition coefficient (Wildman–Crippen LogP) is 2.71. The number of benzene rings is 1. The third-order valence-electron chi connectivity index (χ3n) is 4.42. The summed E-state index contributed by atoms with van der Waals surface area (Å²) < 4.78 is 15.0. The van der Waals surface area contributed by atoms with Crippen molar-refractivity contribution >= 4 is 17.5 Å². The van der Waals surface area contributed by atoms with Gasteiger partial charge in [-0.3, -0.25) is 9.56 Å². The van der Waals surface area contributed by atoms with Crippen molar-refractivity contribution in [3.8, 4) is 17.1 Å². The molecule has 0 N–H and O–H groups in total. The van der Waals surface area contributed by atoms with Gasteiger partial charge in [-0.1, -0.05) is 11.6 Å². The Kier molecular flexibility index (Phi) is 4.67. The minimum absolute atomic E-state index is 0.354. The first-order valence-corrected chi connectivity index (χ1v) is 8.93. The number of hydrogen-bond acceptors (Lipinski definition) is 6. The molecule has 1 aromatic carbocycles. The number of nitrogens with zero attached hydrogens (tertiary/aromatic N) is 6. The van der Waals surface area contributed by atoms with Crippen LogP contribution in [0.25, 0.3) is 17.1 Å². The second-order valence-electron chi connectivity index (χ2n) is 5.99.